The molecule has 0 spiro atoms. The number of rotatable bonds is 5. The monoisotopic (exact) mass is 468 g/mol. The van der Waals surface area contributed by atoms with Crippen molar-refractivity contribution in [2.24, 2.45) is 4.99 Å². The van der Waals surface area contributed by atoms with Crippen LogP contribution in [0, 0.1) is 0 Å². The van der Waals surface area contributed by atoms with Gasteiger partial charge in [0.1, 0.15) is 0 Å². The van der Waals surface area contributed by atoms with Crippen LogP contribution in [0.4, 0.5) is 5.69 Å². The number of hydrogen-bond acceptors (Lipinski definition) is 3. The molecule has 0 aliphatic carbocycles. The van der Waals surface area contributed by atoms with Crippen LogP contribution in [0.2, 0.25) is 0 Å². The maximum Gasteiger partial charge on any atom is 0.193 e. The van der Waals surface area contributed by atoms with E-state index in [1.165, 1.54) is 16.8 Å². The number of guanidine groups is 1. The molecule has 1 aliphatic heterocycles. The van der Waals surface area contributed by atoms with Crippen molar-refractivity contribution in [2.45, 2.75) is 13.1 Å². The number of hydrogen-bond donors (Lipinski definition) is 1. The van der Waals surface area contributed by atoms with Gasteiger partial charge >= 0.3 is 0 Å². The first-order chi connectivity index (χ1) is 11.8. The second-order valence-corrected chi connectivity index (χ2v) is 6.71. The number of halogens is 1. The Labute approximate surface area is 171 Å². The Morgan fingerprint density at radius 1 is 1.24 bits per heavy atom. The maximum atomic E-state index is 4.40. The Morgan fingerprint density at radius 3 is 2.72 bits per heavy atom. The zero-order valence-electron chi connectivity index (χ0n) is 14.7. The zero-order valence-corrected chi connectivity index (χ0v) is 17.8. The highest BCUT2D eigenvalue weighted by Gasteiger charge is 2.09. The van der Waals surface area contributed by atoms with Gasteiger partial charge in [-0.15, -0.1) is 24.0 Å². The molecule has 0 unspecified atom stereocenters. The molecule has 1 aromatic heterocycles. The van der Waals surface area contributed by atoms with Crippen molar-refractivity contribution in [3.8, 4) is 0 Å². The van der Waals surface area contributed by atoms with Gasteiger partial charge in [-0.2, -0.15) is 11.3 Å². The molecule has 25 heavy (non-hydrogen) atoms. The van der Waals surface area contributed by atoms with Crippen LogP contribution in [0.1, 0.15) is 11.1 Å². The molecule has 0 radical (unpaired) electrons. The summed E-state index contributed by atoms with van der Waals surface area (Å²) in [6.45, 7) is 3.64. The van der Waals surface area contributed by atoms with Gasteiger partial charge in [-0.3, -0.25) is 4.99 Å². The standard InChI is InChI=1S/C19H24N4S.HI/c1-20-19(22(2)14-17-8-11-24-15-17)21-13-16-6-5-7-18(12-16)23-9-3-4-10-23;/h3-8,11-12,15H,9-10,13-14H2,1-2H3,(H,20,21);1H. The number of anilines is 1. The molecule has 0 fully saturated rings. The van der Waals surface area contributed by atoms with Gasteiger partial charge in [0.15, 0.2) is 5.96 Å². The van der Waals surface area contributed by atoms with E-state index in [0.29, 0.717) is 0 Å². The zero-order chi connectivity index (χ0) is 16.8. The van der Waals surface area contributed by atoms with E-state index in [4.69, 9.17) is 0 Å². The fourth-order valence-electron chi connectivity index (χ4n) is 2.85. The van der Waals surface area contributed by atoms with E-state index in [9.17, 15) is 0 Å². The Morgan fingerprint density at radius 2 is 2.04 bits per heavy atom. The predicted molar refractivity (Wildman–Crippen MR) is 119 cm³/mol. The van der Waals surface area contributed by atoms with Crippen molar-refractivity contribution in [1.82, 2.24) is 10.2 Å². The molecule has 1 aromatic carbocycles. The average Bonchev–Trinajstić information content (AvgIpc) is 3.29. The van der Waals surface area contributed by atoms with E-state index in [1.807, 2.05) is 7.05 Å². The Hall–Kier alpha value is -1.54. The number of nitrogens with one attached hydrogen (secondary N) is 1. The van der Waals surface area contributed by atoms with Gasteiger partial charge in [0.2, 0.25) is 0 Å². The van der Waals surface area contributed by atoms with E-state index in [1.54, 1.807) is 11.3 Å². The molecule has 0 saturated carbocycles. The number of benzene rings is 1. The summed E-state index contributed by atoms with van der Waals surface area (Å²) >= 11 is 1.73. The quantitative estimate of drug-likeness (QED) is 0.312. The molecular formula is C19H25IN4S. The van der Waals surface area contributed by atoms with E-state index in [-0.39, 0.29) is 24.0 Å². The van der Waals surface area contributed by atoms with Gasteiger partial charge in [-0.1, -0.05) is 24.3 Å². The number of nitrogens with zero attached hydrogens (tertiary/aromatic N) is 3. The highest BCUT2D eigenvalue weighted by atomic mass is 127. The first-order valence-electron chi connectivity index (χ1n) is 8.18. The summed E-state index contributed by atoms with van der Waals surface area (Å²) in [5.74, 6) is 0.912. The topological polar surface area (TPSA) is 30.9 Å². The lowest BCUT2D eigenvalue weighted by Gasteiger charge is -2.22. The van der Waals surface area contributed by atoms with Crippen LogP contribution in [-0.4, -0.2) is 38.0 Å². The molecule has 3 rings (SSSR count). The molecular weight excluding hydrogens is 443 g/mol. The summed E-state index contributed by atoms with van der Waals surface area (Å²) < 4.78 is 0. The average molecular weight is 468 g/mol. The Bertz CT molecular complexity index is 704. The second kappa shape index (κ2) is 9.82. The molecule has 0 saturated heterocycles. The van der Waals surface area contributed by atoms with Crippen LogP contribution in [-0.2, 0) is 13.1 Å². The Kier molecular flexibility index (Phi) is 7.77. The van der Waals surface area contributed by atoms with Crippen LogP contribution in [0.15, 0.2) is 58.2 Å². The molecule has 0 bridgehead atoms. The van der Waals surface area contributed by atoms with Crippen molar-refractivity contribution < 1.29 is 0 Å². The highest BCUT2D eigenvalue weighted by molar-refractivity contribution is 14.0. The van der Waals surface area contributed by atoms with Crippen LogP contribution >= 0.6 is 35.3 Å². The molecule has 6 heteroatoms. The van der Waals surface area contributed by atoms with Crippen molar-refractivity contribution >= 4 is 47.0 Å². The largest absolute Gasteiger partial charge is 0.364 e. The van der Waals surface area contributed by atoms with Gasteiger partial charge < -0.3 is 15.1 Å². The van der Waals surface area contributed by atoms with E-state index < -0.39 is 0 Å². The van der Waals surface area contributed by atoms with Crippen molar-refractivity contribution in [3.05, 3.63) is 64.4 Å². The predicted octanol–water partition coefficient (Wildman–Crippen LogP) is 3.95. The van der Waals surface area contributed by atoms with Crippen molar-refractivity contribution in [3.63, 3.8) is 0 Å². The van der Waals surface area contributed by atoms with Crippen LogP contribution < -0.4 is 10.2 Å². The third-order valence-corrected chi connectivity index (χ3v) is 4.85. The first kappa shape index (κ1) is 19.8. The van der Waals surface area contributed by atoms with Gasteiger partial charge in [0, 0.05) is 46.0 Å². The van der Waals surface area contributed by atoms with Gasteiger partial charge in [0.05, 0.1) is 0 Å². The van der Waals surface area contributed by atoms with E-state index >= 15 is 0 Å². The summed E-state index contributed by atoms with van der Waals surface area (Å²) in [7, 11) is 3.90. The molecule has 0 amide bonds. The maximum absolute atomic E-state index is 4.40. The molecule has 0 atom stereocenters. The van der Waals surface area contributed by atoms with E-state index in [2.05, 4.69) is 80.4 Å². The number of aliphatic imine (C=N–C) groups is 1. The lowest BCUT2D eigenvalue weighted by atomic mass is 10.2. The molecule has 1 aliphatic rings. The van der Waals surface area contributed by atoms with Crippen LogP contribution in [0.25, 0.3) is 0 Å². The summed E-state index contributed by atoms with van der Waals surface area (Å²) in [4.78, 5) is 8.91. The first-order valence-corrected chi connectivity index (χ1v) is 9.12. The normalized spacial score (nSPS) is 13.7. The lowest BCUT2D eigenvalue weighted by molar-refractivity contribution is 0.477. The fourth-order valence-corrected chi connectivity index (χ4v) is 3.51. The SMILES string of the molecule is CN=C(NCc1cccc(N2CC=CC2)c1)N(C)Cc1ccsc1.I. The number of thiophene rings is 1. The molecule has 2 aromatic rings. The van der Waals surface area contributed by atoms with Gasteiger partial charge in [-0.25, -0.2) is 0 Å². The third kappa shape index (κ3) is 5.47. The third-order valence-electron chi connectivity index (χ3n) is 4.12. The minimum absolute atomic E-state index is 0. The molecule has 4 nitrogen and oxygen atoms in total. The summed E-state index contributed by atoms with van der Waals surface area (Å²) in [5, 5.41) is 7.75. The lowest BCUT2D eigenvalue weighted by Crippen LogP contribution is -2.38. The van der Waals surface area contributed by atoms with Crippen molar-refractivity contribution in [2.75, 3.05) is 32.1 Å². The summed E-state index contributed by atoms with van der Waals surface area (Å²) in [6.07, 6.45) is 4.43. The summed E-state index contributed by atoms with van der Waals surface area (Å²) in [6, 6.07) is 10.9. The second-order valence-electron chi connectivity index (χ2n) is 5.93. The minimum Gasteiger partial charge on any atom is -0.364 e. The van der Waals surface area contributed by atoms with Crippen LogP contribution in [0.3, 0.4) is 0 Å². The smallest absolute Gasteiger partial charge is 0.193 e. The van der Waals surface area contributed by atoms with Crippen LogP contribution in [0.5, 0.6) is 0 Å². The highest BCUT2D eigenvalue weighted by Crippen LogP contribution is 2.18. The molecule has 1 N–H and O–H groups in total. The molecule has 2 heterocycles. The minimum atomic E-state index is 0. The Balaban J connectivity index is 0.00000225. The fraction of sp³-hybridized carbons (Fsp3) is 0.316. The van der Waals surface area contributed by atoms with Crippen molar-refractivity contribution in [1.29, 1.82) is 0 Å². The molecule has 134 valence electrons. The van der Waals surface area contributed by atoms with Gasteiger partial charge in [0.25, 0.3) is 0 Å². The summed E-state index contributed by atoms with van der Waals surface area (Å²) in [5.41, 5.74) is 3.86. The van der Waals surface area contributed by atoms with E-state index in [0.717, 1.165) is 32.1 Å². The van der Waals surface area contributed by atoms with Gasteiger partial charge in [-0.05, 0) is 40.1 Å².